The molecular weight excluding hydrogens is 374 g/mol. The summed E-state index contributed by atoms with van der Waals surface area (Å²) in [4.78, 5) is 33.8. The van der Waals surface area contributed by atoms with Gasteiger partial charge in [0.25, 0.3) is 5.91 Å². The number of nitrogens with zero attached hydrogens (tertiary/aromatic N) is 3. The van der Waals surface area contributed by atoms with E-state index >= 15 is 0 Å². The van der Waals surface area contributed by atoms with Crippen molar-refractivity contribution < 1.29 is 9.59 Å². The van der Waals surface area contributed by atoms with Crippen molar-refractivity contribution in [2.45, 2.75) is 5.92 Å². The molecule has 2 saturated heterocycles. The Morgan fingerprint density at radius 1 is 0.967 bits per heavy atom. The van der Waals surface area contributed by atoms with Crippen LogP contribution in [-0.4, -0.2) is 52.8 Å². The Hall–Kier alpha value is -3.47. The molecule has 3 aromatic rings. The molecule has 2 aliphatic heterocycles. The topological polar surface area (TPSA) is 53.5 Å². The Balaban J connectivity index is 1.48. The highest BCUT2D eigenvalue weighted by atomic mass is 16.2. The van der Waals surface area contributed by atoms with Crippen molar-refractivity contribution in [2.24, 2.45) is 5.41 Å². The number of benzene rings is 2. The first kappa shape index (κ1) is 18.6. The summed E-state index contributed by atoms with van der Waals surface area (Å²) in [6, 6.07) is 19.9. The van der Waals surface area contributed by atoms with Crippen molar-refractivity contribution in [3.63, 3.8) is 0 Å². The van der Waals surface area contributed by atoms with Crippen LogP contribution in [0.25, 0.3) is 10.9 Å². The Labute approximate surface area is 175 Å². The third-order valence-electron chi connectivity index (χ3n) is 6.50. The van der Waals surface area contributed by atoms with Gasteiger partial charge >= 0.3 is 0 Å². The Kier molecular flexibility index (Phi) is 4.39. The number of pyridine rings is 1. The lowest BCUT2D eigenvalue weighted by molar-refractivity contribution is -0.137. The van der Waals surface area contributed by atoms with Gasteiger partial charge in [0.15, 0.2) is 0 Å². The highest BCUT2D eigenvalue weighted by Crippen LogP contribution is 2.49. The number of hydrogen-bond acceptors (Lipinski definition) is 3. The molecule has 2 aromatic carbocycles. The lowest BCUT2D eigenvalue weighted by Gasteiger charge is -2.50. The number of hydrogen-bond donors (Lipinski definition) is 0. The fraction of sp³-hybridized carbons (Fsp3) is 0.240. The largest absolute Gasteiger partial charge is 0.338 e. The van der Waals surface area contributed by atoms with Crippen LogP contribution in [0, 0.1) is 5.41 Å². The summed E-state index contributed by atoms with van der Waals surface area (Å²) in [7, 11) is 0. The van der Waals surface area contributed by atoms with Crippen molar-refractivity contribution >= 4 is 22.7 Å². The van der Waals surface area contributed by atoms with Crippen LogP contribution >= 0.6 is 0 Å². The van der Waals surface area contributed by atoms with Gasteiger partial charge in [-0.3, -0.25) is 14.6 Å². The zero-order valence-electron chi connectivity index (χ0n) is 16.7. The fourth-order valence-corrected chi connectivity index (χ4v) is 5.03. The summed E-state index contributed by atoms with van der Waals surface area (Å²) < 4.78 is 0. The second-order valence-corrected chi connectivity index (χ2v) is 8.29. The second kappa shape index (κ2) is 7.10. The van der Waals surface area contributed by atoms with E-state index in [1.807, 2.05) is 58.3 Å². The maximum absolute atomic E-state index is 13.5. The van der Waals surface area contributed by atoms with Gasteiger partial charge in [-0.25, -0.2) is 0 Å². The van der Waals surface area contributed by atoms with E-state index in [2.05, 4.69) is 23.7 Å². The van der Waals surface area contributed by atoms with Crippen LogP contribution in [-0.2, 0) is 4.79 Å². The normalized spacial score (nSPS) is 19.7. The zero-order chi connectivity index (χ0) is 20.7. The van der Waals surface area contributed by atoms with E-state index in [-0.39, 0.29) is 23.1 Å². The van der Waals surface area contributed by atoms with Crippen LogP contribution in [0.3, 0.4) is 0 Å². The molecule has 5 heteroatoms. The van der Waals surface area contributed by atoms with Crippen LogP contribution in [0.1, 0.15) is 21.8 Å². The van der Waals surface area contributed by atoms with Gasteiger partial charge in [-0.05, 0) is 23.8 Å². The lowest BCUT2D eigenvalue weighted by Crippen LogP contribution is -2.61. The van der Waals surface area contributed by atoms with E-state index in [4.69, 9.17) is 0 Å². The van der Waals surface area contributed by atoms with Gasteiger partial charge in [-0.1, -0.05) is 55.1 Å². The highest BCUT2D eigenvalue weighted by molar-refractivity contribution is 6.05. The minimum absolute atomic E-state index is 0.00519. The van der Waals surface area contributed by atoms with Gasteiger partial charge in [0.2, 0.25) is 5.91 Å². The quantitative estimate of drug-likeness (QED) is 0.636. The first-order chi connectivity index (χ1) is 14.6. The molecule has 5 rings (SSSR count). The zero-order valence-corrected chi connectivity index (χ0v) is 16.7. The van der Waals surface area contributed by atoms with Gasteiger partial charge in [-0.2, -0.15) is 0 Å². The van der Waals surface area contributed by atoms with Crippen LogP contribution in [0.15, 0.2) is 79.5 Å². The third-order valence-corrected chi connectivity index (χ3v) is 6.50. The van der Waals surface area contributed by atoms with Gasteiger partial charge in [0.05, 0.1) is 11.1 Å². The van der Waals surface area contributed by atoms with E-state index in [9.17, 15) is 9.59 Å². The number of para-hydroxylation sites is 1. The van der Waals surface area contributed by atoms with Crippen LogP contribution in [0.2, 0.25) is 0 Å². The molecule has 1 spiro atoms. The summed E-state index contributed by atoms with van der Waals surface area (Å²) in [5.74, 6) is 0.153. The monoisotopic (exact) mass is 397 g/mol. The first-order valence-corrected chi connectivity index (χ1v) is 10.2. The van der Waals surface area contributed by atoms with Gasteiger partial charge in [0, 0.05) is 49.1 Å². The molecule has 150 valence electrons. The molecular formula is C25H23N3O2. The average molecular weight is 397 g/mol. The molecule has 1 atom stereocenters. The molecule has 1 aromatic heterocycles. The minimum Gasteiger partial charge on any atom is -0.338 e. The number of aromatic nitrogens is 1. The van der Waals surface area contributed by atoms with Crippen molar-refractivity contribution in [2.75, 3.05) is 26.2 Å². The molecule has 5 nitrogen and oxygen atoms in total. The van der Waals surface area contributed by atoms with E-state index in [0.717, 1.165) is 10.9 Å². The molecule has 0 N–H and O–H groups in total. The number of amides is 2. The summed E-state index contributed by atoms with van der Waals surface area (Å²) in [5, 5.41) is 0.961. The van der Waals surface area contributed by atoms with Crippen molar-refractivity contribution in [3.8, 4) is 0 Å². The smallest absolute Gasteiger partial charge is 0.256 e. The van der Waals surface area contributed by atoms with E-state index in [1.54, 1.807) is 6.20 Å². The lowest BCUT2D eigenvalue weighted by atomic mass is 9.69. The third kappa shape index (κ3) is 2.89. The average Bonchev–Trinajstić information content (AvgIpc) is 3.18. The molecule has 0 radical (unpaired) electrons. The van der Waals surface area contributed by atoms with Gasteiger partial charge < -0.3 is 9.80 Å². The number of carbonyl (C=O) groups excluding carboxylic acids is 2. The summed E-state index contributed by atoms with van der Waals surface area (Å²) in [5.41, 5.74) is 2.47. The number of rotatable bonds is 3. The second-order valence-electron chi connectivity index (χ2n) is 8.29. The Morgan fingerprint density at radius 2 is 1.70 bits per heavy atom. The van der Waals surface area contributed by atoms with Gasteiger partial charge in [0.1, 0.15) is 0 Å². The summed E-state index contributed by atoms with van der Waals surface area (Å²) in [6.45, 7) is 6.18. The van der Waals surface area contributed by atoms with Crippen molar-refractivity contribution in [3.05, 3.63) is 90.6 Å². The maximum atomic E-state index is 13.5. The van der Waals surface area contributed by atoms with Crippen LogP contribution in [0.4, 0.5) is 0 Å². The molecule has 30 heavy (non-hydrogen) atoms. The predicted octanol–water partition coefficient (Wildman–Crippen LogP) is 3.49. The van der Waals surface area contributed by atoms with Crippen LogP contribution < -0.4 is 0 Å². The van der Waals surface area contributed by atoms with Gasteiger partial charge in [-0.15, -0.1) is 0 Å². The molecule has 0 unspecified atom stereocenters. The Morgan fingerprint density at radius 3 is 2.47 bits per heavy atom. The molecule has 2 fully saturated rings. The van der Waals surface area contributed by atoms with Crippen LogP contribution in [0.5, 0.6) is 0 Å². The summed E-state index contributed by atoms with van der Waals surface area (Å²) >= 11 is 0. The predicted molar refractivity (Wildman–Crippen MR) is 116 cm³/mol. The van der Waals surface area contributed by atoms with E-state index in [0.29, 0.717) is 31.7 Å². The number of fused-ring (bicyclic) bond motifs is 1. The molecule has 2 amide bonds. The van der Waals surface area contributed by atoms with Crippen molar-refractivity contribution in [1.29, 1.82) is 0 Å². The minimum atomic E-state index is -0.117. The highest BCUT2D eigenvalue weighted by Gasteiger charge is 2.56. The molecule has 0 aliphatic carbocycles. The van der Waals surface area contributed by atoms with Crippen molar-refractivity contribution in [1.82, 2.24) is 14.8 Å². The van der Waals surface area contributed by atoms with E-state index in [1.165, 1.54) is 11.6 Å². The maximum Gasteiger partial charge on any atom is 0.256 e. The molecule has 0 saturated carbocycles. The molecule has 2 aliphatic rings. The first-order valence-electron chi connectivity index (χ1n) is 10.2. The standard InChI is InChI=1S/C25H23N3O2/c1-2-22(29)28-16-25(17-28)15-27(14-21(25)18-8-4-3-5-9-18)24(30)20-12-6-10-19-11-7-13-26-23(19)20/h2-13,21H,1,14-17H2/t21-/m1/s1. The molecule has 0 bridgehead atoms. The SMILES string of the molecule is C=CC(=O)N1CC2(C1)CN(C(=O)c1cccc3cccnc13)C[C@@H]2c1ccccc1. The summed E-state index contributed by atoms with van der Waals surface area (Å²) in [6.07, 6.45) is 3.09. The Bertz CT molecular complexity index is 1130. The fourth-order valence-electron chi connectivity index (χ4n) is 5.03. The van der Waals surface area contributed by atoms with E-state index < -0.39 is 0 Å². The molecule has 3 heterocycles. The number of likely N-dealkylation sites (tertiary alicyclic amines) is 2. The number of carbonyl (C=O) groups is 2.